The molecule has 2 rings (SSSR count). The first-order valence-corrected chi connectivity index (χ1v) is 10.3. The number of carbonyl (C=O) groups is 1. The molecule has 0 fully saturated rings. The number of hydrazone groups is 1. The summed E-state index contributed by atoms with van der Waals surface area (Å²) < 4.78 is 37.8. The van der Waals surface area contributed by atoms with Gasteiger partial charge >= 0.3 is 0 Å². The quantitative estimate of drug-likeness (QED) is 0.503. The van der Waals surface area contributed by atoms with E-state index in [4.69, 9.17) is 9.47 Å². The Morgan fingerprint density at radius 1 is 1.07 bits per heavy atom. The number of hydrogen-bond donors (Lipinski definition) is 2. The molecule has 2 aromatic carbocycles. The van der Waals surface area contributed by atoms with Crippen molar-refractivity contribution in [3.63, 3.8) is 0 Å². The molecule has 0 aliphatic heterocycles. The average molecular weight is 420 g/mol. The molecule has 156 valence electrons. The highest BCUT2D eigenvalue weighted by Crippen LogP contribution is 2.22. The largest absolute Gasteiger partial charge is 0.497 e. The van der Waals surface area contributed by atoms with Crippen molar-refractivity contribution in [2.45, 2.75) is 25.7 Å². The van der Waals surface area contributed by atoms with E-state index in [-0.39, 0.29) is 4.90 Å². The summed E-state index contributed by atoms with van der Waals surface area (Å²) in [5.41, 5.74) is 5.10. The van der Waals surface area contributed by atoms with Gasteiger partial charge in [-0.05, 0) is 50.1 Å². The lowest BCUT2D eigenvalue weighted by atomic mass is 10.1. The Labute approximate surface area is 171 Å². The van der Waals surface area contributed by atoms with Crippen LogP contribution in [0.4, 0.5) is 0 Å². The predicted molar refractivity (Wildman–Crippen MR) is 111 cm³/mol. The van der Waals surface area contributed by atoms with Crippen LogP contribution in [0.15, 0.2) is 40.3 Å². The SMILES string of the molecule is COc1ccc(OC)c(/C=N\NC(=O)CNS(=O)(=O)c2c(C)cc(C)cc2C)c1. The van der Waals surface area contributed by atoms with E-state index in [9.17, 15) is 13.2 Å². The lowest BCUT2D eigenvalue weighted by Gasteiger charge is -2.12. The van der Waals surface area contributed by atoms with Crippen LogP contribution < -0.4 is 19.6 Å². The number of benzene rings is 2. The molecule has 0 spiro atoms. The second-order valence-electron chi connectivity index (χ2n) is 6.45. The van der Waals surface area contributed by atoms with Gasteiger partial charge in [-0.2, -0.15) is 5.10 Å². The Balaban J connectivity index is 2.03. The molecule has 0 aromatic heterocycles. The van der Waals surface area contributed by atoms with Crippen LogP contribution >= 0.6 is 0 Å². The predicted octanol–water partition coefficient (Wildman–Crippen LogP) is 2.06. The van der Waals surface area contributed by atoms with Gasteiger partial charge in [-0.3, -0.25) is 4.79 Å². The first kappa shape index (κ1) is 22.4. The molecular weight excluding hydrogens is 394 g/mol. The van der Waals surface area contributed by atoms with Crippen molar-refractivity contribution in [3.05, 3.63) is 52.6 Å². The van der Waals surface area contributed by atoms with Crippen LogP contribution in [0, 0.1) is 20.8 Å². The fourth-order valence-corrected chi connectivity index (χ4v) is 4.41. The van der Waals surface area contributed by atoms with Crippen LogP contribution in [0.5, 0.6) is 11.5 Å². The number of carbonyl (C=O) groups excluding carboxylic acids is 1. The fourth-order valence-electron chi connectivity index (χ4n) is 2.98. The zero-order chi connectivity index (χ0) is 21.6. The molecule has 9 heteroatoms. The third-order valence-corrected chi connectivity index (χ3v) is 5.83. The molecule has 29 heavy (non-hydrogen) atoms. The zero-order valence-electron chi connectivity index (χ0n) is 17.1. The van der Waals surface area contributed by atoms with Crippen molar-refractivity contribution in [1.82, 2.24) is 10.1 Å². The summed E-state index contributed by atoms with van der Waals surface area (Å²) in [6.07, 6.45) is 1.39. The Bertz CT molecular complexity index is 1010. The maximum Gasteiger partial charge on any atom is 0.255 e. The Morgan fingerprint density at radius 3 is 2.31 bits per heavy atom. The molecule has 0 unspecified atom stereocenters. The molecule has 0 aliphatic carbocycles. The number of rotatable bonds is 8. The van der Waals surface area contributed by atoms with Crippen molar-refractivity contribution in [3.8, 4) is 11.5 Å². The van der Waals surface area contributed by atoms with Crippen LogP contribution in [0.25, 0.3) is 0 Å². The molecule has 0 saturated heterocycles. The highest BCUT2D eigenvalue weighted by atomic mass is 32.2. The molecule has 0 radical (unpaired) electrons. The third kappa shape index (κ3) is 5.78. The van der Waals surface area contributed by atoms with E-state index in [0.29, 0.717) is 28.2 Å². The number of aryl methyl sites for hydroxylation is 3. The van der Waals surface area contributed by atoms with Gasteiger partial charge in [0, 0.05) is 5.56 Å². The van der Waals surface area contributed by atoms with Gasteiger partial charge in [0.2, 0.25) is 10.0 Å². The van der Waals surface area contributed by atoms with Gasteiger partial charge in [0.25, 0.3) is 5.91 Å². The molecule has 0 saturated carbocycles. The van der Waals surface area contributed by atoms with Gasteiger partial charge in [0.15, 0.2) is 0 Å². The molecule has 2 aromatic rings. The van der Waals surface area contributed by atoms with E-state index in [0.717, 1.165) is 5.56 Å². The molecule has 1 amide bonds. The van der Waals surface area contributed by atoms with E-state index >= 15 is 0 Å². The number of hydrogen-bond acceptors (Lipinski definition) is 6. The van der Waals surface area contributed by atoms with E-state index in [1.54, 1.807) is 44.2 Å². The van der Waals surface area contributed by atoms with Gasteiger partial charge in [-0.25, -0.2) is 18.6 Å². The smallest absolute Gasteiger partial charge is 0.255 e. The van der Waals surface area contributed by atoms with Gasteiger partial charge in [-0.15, -0.1) is 0 Å². The zero-order valence-corrected chi connectivity index (χ0v) is 17.9. The minimum absolute atomic E-state index is 0.181. The summed E-state index contributed by atoms with van der Waals surface area (Å²) in [7, 11) is -0.778. The third-order valence-electron chi connectivity index (χ3n) is 4.13. The number of nitrogens with one attached hydrogen (secondary N) is 2. The lowest BCUT2D eigenvalue weighted by molar-refractivity contribution is -0.119. The Morgan fingerprint density at radius 2 is 1.72 bits per heavy atom. The van der Waals surface area contributed by atoms with Crippen LogP contribution in [0.2, 0.25) is 0 Å². The number of amides is 1. The maximum atomic E-state index is 12.6. The van der Waals surface area contributed by atoms with E-state index < -0.39 is 22.5 Å². The summed E-state index contributed by atoms with van der Waals surface area (Å²) >= 11 is 0. The van der Waals surface area contributed by atoms with E-state index in [1.807, 2.05) is 6.92 Å². The standard InChI is InChI=1S/C20H25N3O5S/c1-13-8-14(2)20(15(3)9-13)29(25,26)22-12-19(24)23-21-11-16-10-17(27-4)6-7-18(16)28-5/h6-11,22H,12H2,1-5H3,(H,23,24)/b21-11-. The molecule has 0 atom stereocenters. The second kappa shape index (κ2) is 9.53. The van der Waals surface area contributed by atoms with Crippen molar-refractivity contribution < 1.29 is 22.7 Å². The molecule has 0 heterocycles. The van der Waals surface area contributed by atoms with E-state index in [2.05, 4.69) is 15.2 Å². The van der Waals surface area contributed by atoms with Gasteiger partial charge in [0.05, 0.1) is 31.9 Å². The van der Waals surface area contributed by atoms with Crippen molar-refractivity contribution >= 4 is 22.1 Å². The topological polar surface area (TPSA) is 106 Å². The lowest BCUT2D eigenvalue weighted by Crippen LogP contribution is -2.35. The maximum absolute atomic E-state index is 12.6. The Hall–Kier alpha value is -2.91. The normalized spacial score (nSPS) is 11.5. The van der Waals surface area contributed by atoms with Crippen LogP contribution in [0.1, 0.15) is 22.3 Å². The summed E-state index contributed by atoms with van der Waals surface area (Å²) in [5, 5.41) is 3.85. The molecular formula is C20H25N3O5S. The van der Waals surface area contributed by atoms with Crippen LogP contribution in [0.3, 0.4) is 0 Å². The van der Waals surface area contributed by atoms with E-state index in [1.165, 1.54) is 20.4 Å². The molecule has 0 bridgehead atoms. The number of sulfonamides is 1. The number of methoxy groups -OCH3 is 2. The minimum atomic E-state index is -3.83. The minimum Gasteiger partial charge on any atom is -0.497 e. The van der Waals surface area contributed by atoms with Crippen molar-refractivity contribution in [2.24, 2.45) is 5.10 Å². The highest BCUT2D eigenvalue weighted by molar-refractivity contribution is 7.89. The summed E-state index contributed by atoms with van der Waals surface area (Å²) in [6, 6.07) is 8.71. The van der Waals surface area contributed by atoms with Gasteiger partial charge in [-0.1, -0.05) is 17.7 Å². The van der Waals surface area contributed by atoms with Gasteiger partial charge < -0.3 is 9.47 Å². The van der Waals surface area contributed by atoms with Crippen molar-refractivity contribution in [1.29, 1.82) is 0 Å². The van der Waals surface area contributed by atoms with Gasteiger partial charge in [0.1, 0.15) is 11.5 Å². The highest BCUT2D eigenvalue weighted by Gasteiger charge is 2.20. The first-order valence-electron chi connectivity index (χ1n) is 8.79. The first-order chi connectivity index (χ1) is 13.7. The monoisotopic (exact) mass is 419 g/mol. The summed E-state index contributed by atoms with van der Waals surface area (Å²) in [5.74, 6) is 0.555. The average Bonchev–Trinajstić information content (AvgIpc) is 2.65. The second-order valence-corrected chi connectivity index (χ2v) is 8.16. The van der Waals surface area contributed by atoms with Crippen LogP contribution in [-0.4, -0.2) is 41.3 Å². The fraction of sp³-hybridized carbons (Fsp3) is 0.300. The molecule has 2 N–H and O–H groups in total. The molecule has 8 nitrogen and oxygen atoms in total. The molecule has 0 aliphatic rings. The number of nitrogens with zero attached hydrogens (tertiary/aromatic N) is 1. The Kier molecular flexibility index (Phi) is 7.35. The summed E-state index contributed by atoms with van der Waals surface area (Å²) in [6.45, 7) is 4.90. The summed E-state index contributed by atoms with van der Waals surface area (Å²) in [4.78, 5) is 12.2. The van der Waals surface area contributed by atoms with Crippen molar-refractivity contribution in [2.75, 3.05) is 20.8 Å². The number of ether oxygens (including phenoxy) is 2. The van der Waals surface area contributed by atoms with Crippen LogP contribution in [-0.2, 0) is 14.8 Å².